The van der Waals surface area contributed by atoms with Crippen molar-refractivity contribution in [1.29, 1.82) is 0 Å². The number of sulfonamides is 1. The van der Waals surface area contributed by atoms with Crippen LogP contribution in [0.15, 0.2) is 29.2 Å². The molecule has 3 N–H and O–H groups in total. The normalized spacial score (nSPS) is 15.1. The Labute approximate surface area is 206 Å². The van der Waals surface area contributed by atoms with E-state index in [9.17, 15) is 22.8 Å². The first-order chi connectivity index (χ1) is 16.0. The van der Waals surface area contributed by atoms with E-state index in [-0.39, 0.29) is 46.6 Å². The van der Waals surface area contributed by atoms with Gasteiger partial charge in [0.2, 0.25) is 15.9 Å². The van der Waals surface area contributed by atoms with Crippen molar-refractivity contribution in [2.45, 2.75) is 18.7 Å². The predicted molar refractivity (Wildman–Crippen MR) is 129 cm³/mol. The van der Waals surface area contributed by atoms with E-state index in [0.717, 1.165) is 11.3 Å². The maximum atomic E-state index is 12.8. The number of thiophene rings is 1. The summed E-state index contributed by atoms with van der Waals surface area (Å²) in [4.78, 5) is 38.9. The Morgan fingerprint density at radius 1 is 1.15 bits per heavy atom. The lowest BCUT2D eigenvalue weighted by Gasteiger charge is -2.33. The van der Waals surface area contributed by atoms with Gasteiger partial charge in [0.25, 0.3) is 5.91 Å². The standard InChI is InChI=1S/C21H25ClN4O6S2/c1-3-32-21(29)17-13(2)18(19(23)28)33-20(17)24-16(27)12-25-8-10-26(11-9-25)34(30,31)15-6-4-14(22)5-7-15/h4-7H,3,8-12H2,1-2H3,(H2,23,28)(H,24,27). The van der Waals surface area contributed by atoms with E-state index < -0.39 is 27.8 Å². The van der Waals surface area contributed by atoms with Crippen LogP contribution in [-0.2, 0) is 19.6 Å². The molecule has 13 heteroatoms. The number of primary amides is 1. The lowest BCUT2D eigenvalue weighted by Crippen LogP contribution is -2.50. The Bertz CT molecular complexity index is 1190. The first-order valence-corrected chi connectivity index (χ1v) is 13.1. The third-order valence-corrected chi connectivity index (χ3v) is 8.64. The number of hydrogen-bond donors (Lipinski definition) is 2. The van der Waals surface area contributed by atoms with E-state index in [0.29, 0.717) is 23.7 Å². The zero-order valence-corrected chi connectivity index (χ0v) is 21.1. The van der Waals surface area contributed by atoms with Crippen molar-refractivity contribution in [3.8, 4) is 0 Å². The summed E-state index contributed by atoms with van der Waals surface area (Å²) in [6.45, 7) is 4.48. The molecule has 10 nitrogen and oxygen atoms in total. The lowest BCUT2D eigenvalue weighted by atomic mass is 10.1. The second kappa shape index (κ2) is 10.8. The molecule has 0 radical (unpaired) electrons. The molecule has 1 fully saturated rings. The van der Waals surface area contributed by atoms with Gasteiger partial charge in [0.05, 0.1) is 28.5 Å². The molecule has 184 valence electrons. The van der Waals surface area contributed by atoms with Gasteiger partial charge in [0, 0.05) is 31.2 Å². The number of nitrogens with one attached hydrogen (secondary N) is 1. The van der Waals surface area contributed by atoms with Gasteiger partial charge in [-0.25, -0.2) is 13.2 Å². The van der Waals surface area contributed by atoms with E-state index in [4.69, 9.17) is 22.1 Å². The molecule has 3 rings (SSSR count). The number of anilines is 1. The van der Waals surface area contributed by atoms with E-state index in [1.165, 1.54) is 28.6 Å². The van der Waals surface area contributed by atoms with Crippen LogP contribution < -0.4 is 11.1 Å². The van der Waals surface area contributed by atoms with Gasteiger partial charge in [-0.05, 0) is 43.7 Å². The summed E-state index contributed by atoms with van der Waals surface area (Å²) in [6.07, 6.45) is 0. The number of carbonyl (C=O) groups is 3. The topological polar surface area (TPSA) is 139 Å². The summed E-state index contributed by atoms with van der Waals surface area (Å²) in [6, 6.07) is 5.97. The fraction of sp³-hybridized carbons (Fsp3) is 0.381. The quantitative estimate of drug-likeness (QED) is 0.499. The molecule has 0 unspecified atom stereocenters. The molecule has 1 aromatic heterocycles. The maximum Gasteiger partial charge on any atom is 0.341 e. The number of piperazine rings is 1. The molecule has 1 aromatic carbocycles. The molecule has 0 saturated carbocycles. The molecule has 2 amide bonds. The largest absolute Gasteiger partial charge is 0.462 e. The fourth-order valence-corrected chi connectivity index (χ4v) is 6.15. The van der Waals surface area contributed by atoms with Gasteiger partial charge in [0.15, 0.2) is 0 Å². The zero-order valence-electron chi connectivity index (χ0n) is 18.7. The zero-order chi connectivity index (χ0) is 25.0. The van der Waals surface area contributed by atoms with Crippen LogP contribution in [0.4, 0.5) is 5.00 Å². The second-order valence-corrected chi connectivity index (χ2v) is 10.9. The number of hydrogen-bond acceptors (Lipinski definition) is 8. The average Bonchev–Trinajstić information content (AvgIpc) is 3.10. The smallest absolute Gasteiger partial charge is 0.341 e. The van der Waals surface area contributed by atoms with E-state index >= 15 is 0 Å². The first kappa shape index (κ1) is 26.1. The lowest BCUT2D eigenvalue weighted by molar-refractivity contribution is -0.117. The van der Waals surface area contributed by atoms with Crippen LogP contribution in [0, 0.1) is 6.92 Å². The van der Waals surface area contributed by atoms with Gasteiger partial charge >= 0.3 is 5.97 Å². The van der Waals surface area contributed by atoms with Gasteiger partial charge in [-0.3, -0.25) is 14.5 Å². The molecular formula is C21H25ClN4O6S2. The number of rotatable bonds is 8. The van der Waals surface area contributed by atoms with Gasteiger partial charge in [-0.15, -0.1) is 11.3 Å². The Hall–Kier alpha value is -2.51. The highest BCUT2D eigenvalue weighted by molar-refractivity contribution is 7.89. The molecule has 2 heterocycles. The molecule has 1 aliphatic rings. The molecule has 1 saturated heterocycles. The van der Waals surface area contributed by atoms with E-state index in [2.05, 4.69) is 5.32 Å². The number of nitrogens with zero attached hydrogens (tertiary/aromatic N) is 2. The summed E-state index contributed by atoms with van der Waals surface area (Å²) in [5.74, 6) is -1.76. The number of ether oxygens (including phenoxy) is 1. The number of carbonyl (C=O) groups excluding carboxylic acids is 3. The molecule has 0 spiro atoms. The van der Waals surface area contributed by atoms with Crippen molar-refractivity contribution < 1.29 is 27.5 Å². The molecule has 1 aliphatic heterocycles. The highest BCUT2D eigenvalue weighted by atomic mass is 35.5. The molecule has 2 aromatic rings. The van der Waals surface area contributed by atoms with Gasteiger partial charge in [-0.2, -0.15) is 4.31 Å². The Morgan fingerprint density at radius 2 is 1.76 bits per heavy atom. The van der Waals surface area contributed by atoms with Crippen molar-refractivity contribution in [2.75, 3.05) is 44.6 Å². The highest BCUT2D eigenvalue weighted by Gasteiger charge is 2.30. The minimum Gasteiger partial charge on any atom is -0.462 e. The van der Waals surface area contributed by atoms with Crippen molar-refractivity contribution in [2.24, 2.45) is 5.73 Å². The molecule has 0 bridgehead atoms. The van der Waals surface area contributed by atoms with Crippen molar-refractivity contribution in [3.05, 3.63) is 45.3 Å². The summed E-state index contributed by atoms with van der Waals surface area (Å²) in [5, 5.41) is 3.31. The summed E-state index contributed by atoms with van der Waals surface area (Å²) in [7, 11) is -3.66. The Morgan fingerprint density at radius 3 is 2.32 bits per heavy atom. The van der Waals surface area contributed by atoms with Crippen molar-refractivity contribution in [1.82, 2.24) is 9.21 Å². The average molecular weight is 529 g/mol. The van der Waals surface area contributed by atoms with Gasteiger partial charge in [-0.1, -0.05) is 11.6 Å². The minimum atomic E-state index is -3.66. The van der Waals surface area contributed by atoms with Crippen LogP contribution in [0.2, 0.25) is 5.02 Å². The number of esters is 1. The van der Waals surface area contributed by atoms with Crippen LogP contribution in [-0.4, -0.2) is 74.7 Å². The van der Waals surface area contributed by atoms with E-state index in [1.54, 1.807) is 13.8 Å². The van der Waals surface area contributed by atoms with Crippen LogP contribution in [0.1, 0.15) is 32.5 Å². The highest BCUT2D eigenvalue weighted by Crippen LogP contribution is 2.33. The SMILES string of the molecule is CCOC(=O)c1c(NC(=O)CN2CCN(S(=O)(=O)c3ccc(Cl)cc3)CC2)sc(C(N)=O)c1C. The van der Waals surface area contributed by atoms with Crippen LogP contribution >= 0.6 is 22.9 Å². The second-order valence-electron chi connectivity index (χ2n) is 7.53. The van der Waals surface area contributed by atoms with Crippen LogP contribution in [0.5, 0.6) is 0 Å². The third-order valence-electron chi connectivity index (χ3n) is 5.25. The summed E-state index contributed by atoms with van der Waals surface area (Å²) >= 11 is 6.76. The van der Waals surface area contributed by atoms with Crippen LogP contribution in [0.25, 0.3) is 0 Å². The molecule has 0 aliphatic carbocycles. The van der Waals surface area contributed by atoms with Crippen molar-refractivity contribution in [3.63, 3.8) is 0 Å². The molecule has 34 heavy (non-hydrogen) atoms. The van der Waals surface area contributed by atoms with Crippen molar-refractivity contribution >= 4 is 55.7 Å². The van der Waals surface area contributed by atoms with E-state index in [1.807, 2.05) is 4.90 Å². The van der Waals surface area contributed by atoms with Gasteiger partial charge < -0.3 is 15.8 Å². The third kappa shape index (κ3) is 5.76. The Balaban J connectivity index is 1.64. The summed E-state index contributed by atoms with van der Waals surface area (Å²) in [5.41, 5.74) is 5.85. The maximum absolute atomic E-state index is 12.8. The molecular weight excluding hydrogens is 504 g/mol. The van der Waals surface area contributed by atoms with Crippen LogP contribution in [0.3, 0.4) is 0 Å². The Kier molecular flexibility index (Phi) is 8.31. The monoisotopic (exact) mass is 528 g/mol. The fourth-order valence-electron chi connectivity index (χ4n) is 3.54. The van der Waals surface area contributed by atoms with Gasteiger partial charge in [0.1, 0.15) is 5.00 Å². The number of amides is 2. The molecule has 0 atom stereocenters. The summed E-state index contributed by atoms with van der Waals surface area (Å²) < 4.78 is 32.0. The number of benzene rings is 1. The number of halogens is 1. The first-order valence-electron chi connectivity index (χ1n) is 10.4. The predicted octanol–water partition coefficient (Wildman–Crippen LogP) is 1.93. The minimum absolute atomic E-state index is 0.0139. The number of nitrogens with two attached hydrogens (primary N) is 1.